The standard InChI is InChI=1S/C19H16N2O7/c22-18(20-6-5-12-3-1-2-4-14(12)20)11-28-19(23)13-9-16-17(27-8-7-26-16)10-15(13)21(24)25/h1-4,9-10H,5-8,11H2. The first-order valence-electron chi connectivity index (χ1n) is 8.68. The third-order valence-electron chi connectivity index (χ3n) is 4.59. The fourth-order valence-electron chi connectivity index (χ4n) is 3.27. The van der Waals surface area contributed by atoms with E-state index in [-0.39, 0.29) is 30.3 Å². The van der Waals surface area contributed by atoms with Crippen LogP contribution in [0.25, 0.3) is 0 Å². The maximum absolute atomic E-state index is 12.5. The number of anilines is 1. The first-order chi connectivity index (χ1) is 13.5. The van der Waals surface area contributed by atoms with Gasteiger partial charge < -0.3 is 19.1 Å². The van der Waals surface area contributed by atoms with Crippen LogP contribution >= 0.6 is 0 Å². The van der Waals surface area contributed by atoms with Crippen molar-refractivity contribution < 1.29 is 28.7 Å². The molecule has 0 saturated heterocycles. The van der Waals surface area contributed by atoms with Crippen LogP contribution < -0.4 is 14.4 Å². The zero-order valence-corrected chi connectivity index (χ0v) is 14.8. The van der Waals surface area contributed by atoms with E-state index in [2.05, 4.69) is 0 Å². The third-order valence-corrected chi connectivity index (χ3v) is 4.59. The molecule has 0 aliphatic carbocycles. The number of hydrogen-bond donors (Lipinski definition) is 0. The highest BCUT2D eigenvalue weighted by Gasteiger charge is 2.29. The Balaban J connectivity index is 1.50. The van der Waals surface area contributed by atoms with Crippen molar-refractivity contribution >= 4 is 23.3 Å². The molecule has 9 heteroatoms. The van der Waals surface area contributed by atoms with Crippen molar-refractivity contribution in [1.29, 1.82) is 0 Å². The van der Waals surface area contributed by atoms with Crippen molar-refractivity contribution in [2.24, 2.45) is 0 Å². The minimum absolute atomic E-state index is 0.194. The monoisotopic (exact) mass is 384 g/mol. The summed E-state index contributed by atoms with van der Waals surface area (Å²) < 4.78 is 15.7. The lowest BCUT2D eigenvalue weighted by Crippen LogP contribution is -2.33. The van der Waals surface area contributed by atoms with E-state index in [4.69, 9.17) is 14.2 Å². The lowest BCUT2D eigenvalue weighted by molar-refractivity contribution is -0.385. The van der Waals surface area contributed by atoms with Crippen LogP contribution in [0.3, 0.4) is 0 Å². The van der Waals surface area contributed by atoms with Crippen LogP contribution in [-0.4, -0.2) is 43.2 Å². The summed E-state index contributed by atoms with van der Waals surface area (Å²) in [5, 5.41) is 11.3. The molecule has 0 atom stereocenters. The molecule has 28 heavy (non-hydrogen) atoms. The topological polar surface area (TPSA) is 108 Å². The summed E-state index contributed by atoms with van der Waals surface area (Å²) in [5.41, 5.74) is 1.08. The van der Waals surface area contributed by atoms with Gasteiger partial charge in [-0.25, -0.2) is 4.79 Å². The molecule has 0 N–H and O–H groups in total. The molecule has 0 radical (unpaired) electrons. The lowest BCUT2D eigenvalue weighted by atomic mass is 10.1. The number of ether oxygens (including phenoxy) is 3. The van der Waals surface area contributed by atoms with Crippen LogP contribution in [0.2, 0.25) is 0 Å². The van der Waals surface area contributed by atoms with E-state index < -0.39 is 29.1 Å². The van der Waals surface area contributed by atoms with Crippen LogP contribution in [-0.2, 0) is 16.0 Å². The van der Waals surface area contributed by atoms with E-state index >= 15 is 0 Å². The molecule has 2 heterocycles. The van der Waals surface area contributed by atoms with Crippen molar-refractivity contribution in [3.8, 4) is 11.5 Å². The molecular weight excluding hydrogens is 368 g/mol. The molecule has 4 rings (SSSR count). The number of esters is 1. The van der Waals surface area contributed by atoms with E-state index in [1.165, 1.54) is 6.07 Å². The van der Waals surface area contributed by atoms with Gasteiger partial charge in [-0.1, -0.05) is 18.2 Å². The minimum Gasteiger partial charge on any atom is -0.486 e. The molecule has 2 aliphatic rings. The molecule has 0 spiro atoms. The first-order valence-corrected chi connectivity index (χ1v) is 8.68. The van der Waals surface area contributed by atoms with Crippen LogP contribution in [0.5, 0.6) is 11.5 Å². The van der Waals surface area contributed by atoms with Crippen molar-refractivity contribution in [2.75, 3.05) is 31.3 Å². The van der Waals surface area contributed by atoms with Gasteiger partial charge in [-0.05, 0) is 18.1 Å². The molecule has 2 aromatic rings. The van der Waals surface area contributed by atoms with E-state index in [0.717, 1.165) is 23.7 Å². The molecular formula is C19H16N2O7. The number of para-hydroxylation sites is 1. The van der Waals surface area contributed by atoms with Gasteiger partial charge in [0.05, 0.1) is 11.0 Å². The number of hydrogen-bond acceptors (Lipinski definition) is 7. The Morgan fingerprint density at radius 3 is 2.61 bits per heavy atom. The molecule has 0 fully saturated rings. The molecule has 2 aliphatic heterocycles. The SMILES string of the molecule is O=C(OCC(=O)N1CCc2ccccc21)c1cc2c(cc1[N+](=O)[O-])OCCO2. The van der Waals surface area contributed by atoms with Gasteiger partial charge in [0.25, 0.3) is 11.6 Å². The van der Waals surface area contributed by atoms with Crippen LogP contribution in [0.4, 0.5) is 11.4 Å². The first kappa shape index (κ1) is 17.8. The van der Waals surface area contributed by atoms with Crippen LogP contribution in [0.15, 0.2) is 36.4 Å². The number of fused-ring (bicyclic) bond motifs is 2. The zero-order chi connectivity index (χ0) is 19.7. The fraction of sp³-hybridized carbons (Fsp3) is 0.263. The van der Waals surface area contributed by atoms with Crippen molar-refractivity contribution in [1.82, 2.24) is 0 Å². The van der Waals surface area contributed by atoms with Crippen LogP contribution in [0, 0.1) is 10.1 Å². The average molecular weight is 384 g/mol. The summed E-state index contributed by atoms with van der Waals surface area (Å²) in [7, 11) is 0. The Kier molecular flexibility index (Phi) is 4.56. The Morgan fingerprint density at radius 1 is 1.14 bits per heavy atom. The predicted octanol–water partition coefficient (Wildman–Crippen LogP) is 2.11. The van der Waals surface area contributed by atoms with E-state index in [1.807, 2.05) is 24.3 Å². The van der Waals surface area contributed by atoms with Gasteiger partial charge in [0.15, 0.2) is 18.1 Å². The number of nitro benzene ring substituents is 1. The second-order valence-corrected chi connectivity index (χ2v) is 6.27. The lowest BCUT2D eigenvalue weighted by Gasteiger charge is -2.19. The third kappa shape index (κ3) is 3.22. The quantitative estimate of drug-likeness (QED) is 0.451. The normalized spacial score (nSPS) is 14.4. The molecule has 0 bridgehead atoms. The summed E-state index contributed by atoms with van der Waals surface area (Å²) >= 11 is 0. The second-order valence-electron chi connectivity index (χ2n) is 6.27. The van der Waals surface area contributed by atoms with Crippen molar-refractivity contribution in [3.63, 3.8) is 0 Å². The predicted molar refractivity (Wildman–Crippen MR) is 96.9 cm³/mol. The van der Waals surface area contributed by atoms with Crippen LogP contribution in [0.1, 0.15) is 15.9 Å². The van der Waals surface area contributed by atoms with E-state index in [0.29, 0.717) is 6.54 Å². The molecule has 0 aromatic heterocycles. The molecule has 2 aromatic carbocycles. The highest BCUT2D eigenvalue weighted by molar-refractivity contribution is 6.00. The highest BCUT2D eigenvalue weighted by Crippen LogP contribution is 2.37. The minimum atomic E-state index is -0.968. The molecule has 0 saturated carbocycles. The number of benzene rings is 2. The number of nitro groups is 1. The summed E-state index contributed by atoms with van der Waals surface area (Å²) in [4.78, 5) is 37.1. The van der Waals surface area contributed by atoms with E-state index in [1.54, 1.807) is 4.90 Å². The number of nitrogens with zero attached hydrogens (tertiary/aromatic N) is 2. The smallest absolute Gasteiger partial charge is 0.345 e. The fourth-order valence-corrected chi connectivity index (χ4v) is 3.27. The van der Waals surface area contributed by atoms with Gasteiger partial charge in [-0.3, -0.25) is 14.9 Å². The van der Waals surface area contributed by atoms with Gasteiger partial charge in [0.2, 0.25) is 0 Å². The van der Waals surface area contributed by atoms with Gasteiger partial charge in [0, 0.05) is 18.3 Å². The number of rotatable bonds is 4. The second kappa shape index (κ2) is 7.18. The summed E-state index contributed by atoms with van der Waals surface area (Å²) in [6.45, 7) is 0.518. The number of amides is 1. The van der Waals surface area contributed by atoms with Gasteiger partial charge in [0.1, 0.15) is 18.8 Å². The average Bonchev–Trinajstić information content (AvgIpc) is 3.15. The summed E-state index contributed by atoms with van der Waals surface area (Å²) in [6, 6.07) is 9.83. The molecule has 144 valence electrons. The number of carbonyl (C=O) groups is 2. The Bertz CT molecular complexity index is 973. The van der Waals surface area contributed by atoms with Gasteiger partial charge in [-0.15, -0.1) is 0 Å². The zero-order valence-electron chi connectivity index (χ0n) is 14.8. The largest absolute Gasteiger partial charge is 0.486 e. The van der Waals surface area contributed by atoms with Crippen molar-refractivity contribution in [3.05, 3.63) is 57.6 Å². The summed E-state index contributed by atoms with van der Waals surface area (Å²) in [5.74, 6) is -0.939. The highest BCUT2D eigenvalue weighted by atomic mass is 16.6. The van der Waals surface area contributed by atoms with Gasteiger partial charge >= 0.3 is 5.97 Å². The van der Waals surface area contributed by atoms with E-state index in [9.17, 15) is 19.7 Å². The Hall–Kier alpha value is -3.62. The Labute approximate surface area is 159 Å². The van der Waals surface area contributed by atoms with Crippen molar-refractivity contribution in [2.45, 2.75) is 6.42 Å². The Morgan fingerprint density at radius 2 is 1.86 bits per heavy atom. The number of carbonyl (C=O) groups excluding carboxylic acids is 2. The molecule has 9 nitrogen and oxygen atoms in total. The maximum Gasteiger partial charge on any atom is 0.345 e. The molecule has 1 amide bonds. The molecule has 0 unspecified atom stereocenters. The van der Waals surface area contributed by atoms with Gasteiger partial charge in [-0.2, -0.15) is 0 Å². The maximum atomic E-state index is 12.5. The summed E-state index contributed by atoms with van der Waals surface area (Å²) in [6.07, 6.45) is 0.726.